The topological polar surface area (TPSA) is 86.9 Å². The van der Waals surface area contributed by atoms with Crippen LogP contribution in [-0.4, -0.2) is 16.5 Å². The van der Waals surface area contributed by atoms with Gasteiger partial charge in [0.15, 0.2) is 0 Å². The van der Waals surface area contributed by atoms with E-state index in [0.29, 0.717) is 27.5 Å². The Hall–Kier alpha value is -3.82. The third-order valence-corrected chi connectivity index (χ3v) is 4.84. The molecule has 1 heterocycles. The summed E-state index contributed by atoms with van der Waals surface area (Å²) in [6.45, 7) is 3.62. The van der Waals surface area contributed by atoms with Crippen LogP contribution < -0.4 is 10.7 Å². The highest BCUT2D eigenvalue weighted by atomic mass is 35.5. The summed E-state index contributed by atoms with van der Waals surface area (Å²) in [4.78, 5) is 25.0. The van der Waals surface area contributed by atoms with Gasteiger partial charge < -0.3 is 5.32 Å². The van der Waals surface area contributed by atoms with Gasteiger partial charge in [0.05, 0.1) is 10.7 Å². The largest absolute Gasteiger partial charge is 0.320 e. The number of nitriles is 1. The van der Waals surface area contributed by atoms with E-state index < -0.39 is 5.91 Å². The van der Waals surface area contributed by atoms with Crippen molar-refractivity contribution < 1.29 is 9.59 Å². The Labute approximate surface area is 179 Å². The quantitative estimate of drug-likeness (QED) is 0.465. The molecule has 30 heavy (non-hydrogen) atoms. The van der Waals surface area contributed by atoms with Gasteiger partial charge in [0.2, 0.25) is 0 Å². The van der Waals surface area contributed by atoms with Gasteiger partial charge in [-0.05, 0) is 55.8 Å². The van der Waals surface area contributed by atoms with Crippen LogP contribution in [0.25, 0.3) is 6.08 Å². The van der Waals surface area contributed by atoms with E-state index in [1.54, 1.807) is 66.2 Å². The van der Waals surface area contributed by atoms with Crippen molar-refractivity contribution in [1.82, 2.24) is 4.68 Å². The van der Waals surface area contributed by atoms with Gasteiger partial charge in [-0.15, -0.1) is 0 Å². The van der Waals surface area contributed by atoms with Crippen molar-refractivity contribution in [2.24, 2.45) is 0 Å². The average Bonchev–Trinajstić information content (AvgIpc) is 3.01. The number of carbonyl (C=O) groups is 2. The highest BCUT2D eigenvalue weighted by Crippen LogP contribution is 2.22. The summed E-state index contributed by atoms with van der Waals surface area (Å²) in [5.74, 6) is -0.825. The predicted molar refractivity (Wildman–Crippen MR) is 118 cm³/mol. The number of carbonyl (C=O) groups excluding carboxylic acids is 2. The van der Waals surface area contributed by atoms with Crippen LogP contribution in [0.15, 0.2) is 66.2 Å². The fraction of sp³-hybridized carbons (Fsp3) is 0.0870. The molecule has 0 aliphatic carbocycles. The maximum atomic E-state index is 12.5. The second kappa shape index (κ2) is 9.12. The molecule has 3 aromatic rings. The maximum Gasteiger partial charge on any atom is 0.270 e. The number of amides is 2. The number of rotatable bonds is 5. The van der Waals surface area contributed by atoms with Crippen molar-refractivity contribution in [3.63, 3.8) is 0 Å². The zero-order chi connectivity index (χ0) is 21.7. The third kappa shape index (κ3) is 4.59. The monoisotopic (exact) mass is 418 g/mol. The number of benzene rings is 2. The second-order valence-corrected chi connectivity index (χ2v) is 6.98. The molecule has 0 saturated carbocycles. The van der Waals surface area contributed by atoms with Gasteiger partial charge >= 0.3 is 0 Å². The summed E-state index contributed by atoms with van der Waals surface area (Å²) in [6.07, 6.45) is 1.49. The Kier molecular flexibility index (Phi) is 6.35. The summed E-state index contributed by atoms with van der Waals surface area (Å²) < 4.78 is 1.63. The van der Waals surface area contributed by atoms with Crippen LogP contribution in [0.5, 0.6) is 0 Å². The number of anilines is 1. The van der Waals surface area contributed by atoms with Crippen LogP contribution >= 0.6 is 11.6 Å². The van der Waals surface area contributed by atoms with Gasteiger partial charge in [-0.25, -0.2) is 0 Å². The van der Waals surface area contributed by atoms with E-state index in [-0.39, 0.29) is 11.5 Å². The van der Waals surface area contributed by atoms with Crippen LogP contribution in [0.1, 0.15) is 27.3 Å². The lowest BCUT2D eigenvalue weighted by atomic mass is 10.1. The van der Waals surface area contributed by atoms with Crippen LogP contribution in [-0.2, 0) is 4.79 Å². The molecular formula is C23H19ClN4O2. The van der Waals surface area contributed by atoms with Gasteiger partial charge in [0.25, 0.3) is 11.8 Å². The van der Waals surface area contributed by atoms with Gasteiger partial charge in [0.1, 0.15) is 11.6 Å². The van der Waals surface area contributed by atoms with E-state index >= 15 is 0 Å². The van der Waals surface area contributed by atoms with Crippen molar-refractivity contribution in [3.8, 4) is 6.07 Å². The number of aryl methyl sites for hydroxylation is 1. The van der Waals surface area contributed by atoms with Crippen molar-refractivity contribution in [1.29, 1.82) is 5.26 Å². The van der Waals surface area contributed by atoms with Crippen molar-refractivity contribution in [2.45, 2.75) is 13.8 Å². The van der Waals surface area contributed by atoms with E-state index in [0.717, 1.165) is 5.69 Å². The first-order valence-corrected chi connectivity index (χ1v) is 9.51. The number of aromatic nitrogens is 1. The fourth-order valence-corrected chi connectivity index (χ4v) is 3.10. The first kappa shape index (κ1) is 20.9. The Morgan fingerprint density at radius 1 is 1.07 bits per heavy atom. The maximum absolute atomic E-state index is 12.5. The molecule has 2 amide bonds. The highest BCUT2D eigenvalue weighted by molar-refractivity contribution is 6.34. The van der Waals surface area contributed by atoms with E-state index in [4.69, 9.17) is 11.6 Å². The molecule has 2 N–H and O–H groups in total. The SMILES string of the molecule is Cc1cc(/C=C(/C#N)C(=O)Nc2ccccc2Cl)c(C)n1NC(=O)c1ccccc1. The number of halogens is 1. The highest BCUT2D eigenvalue weighted by Gasteiger charge is 2.15. The normalized spacial score (nSPS) is 10.9. The summed E-state index contributed by atoms with van der Waals surface area (Å²) >= 11 is 6.06. The van der Waals surface area contributed by atoms with Gasteiger partial charge in [0, 0.05) is 17.0 Å². The Balaban J connectivity index is 1.84. The van der Waals surface area contributed by atoms with Crippen LogP contribution in [0.4, 0.5) is 5.69 Å². The van der Waals surface area contributed by atoms with Gasteiger partial charge in [-0.1, -0.05) is 41.9 Å². The number of hydrogen-bond donors (Lipinski definition) is 2. The van der Waals surface area contributed by atoms with E-state index in [1.165, 1.54) is 6.08 Å². The van der Waals surface area contributed by atoms with Gasteiger partial charge in [-0.2, -0.15) is 5.26 Å². The lowest BCUT2D eigenvalue weighted by Crippen LogP contribution is -2.24. The van der Waals surface area contributed by atoms with Crippen molar-refractivity contribution >= 4 is 35.2 Å². The molecule has 0 radical (unpaired) electrons. The first-order valence-electron chi connectivity index (χ1n) is 9.13. The molecule has 2 aromatic carbocycles. The average molecular weight is 419 g/mol. The summed E-state index contributed by atoms with van der Waals surface area (Å²) in [6, 6.07) is 19.3. The lowest BCUT2D eigenvalue weighted by molar-refractivity contribution is -0.112. The number of nitrogens with one attached hydrogen (secondary N) is 2. The number of para-hydroxylation sites is 1. The van der Waals surface area contributed by atoms with E-state index in [2.05, 4.69) is 10.7 Å². The molecule has 0 spiro atoms. The summed E-state index contributed by atoms with van der Waals surface area (Å²) in [7, 11) is 0. The van der Waals surface area contributed by atoms with Crippen LogP contribution in [0.3, 0.4) is 0 Å². The van der Waals surface area contributed by atoms with Crippen LogP contribution in [0.2, 0.25) is 5.02 Å². The minimum Gasteiger partial charge on any atom is -0.320 e. The lowest BCUT2D eigenvalue weighted by Gasteiger charge is -2.11. The molecule has 0 aliphatic rings. The van der Waals surface area contributed by atoms with E-state index in [9.17, 15) is 14.9 Å². The predicted octanol–water partition coefficient (Wildman–Crippen LogP) is 4.69. The van der Waals surface area contributed by atoms with Gasteiger partial charge in [-0.3, -0.25) is 19.7 Å². The Bertz CT molecular complexity index is 1170. The minimum atomic E-state index is -0.566. The van der Waals surface area contributed by atoms with Crippen molar-refractivity contribution in [2.75, 3.05) is 10.7 Å². The van der Waals surface area contributed by atoms with Crippen LogP contribution in [0, 0.1) is 25.2 Å². The fourth-order valence-electron chi connectivity index (χ4n) is 2.92. The smallest absolute Gasteiger partial charge is 0.270 e. The molecule has 0 bridgehead atoms. The summed E-state index contributed by atoms with van der Waals surface area (Å²) in [5, 5.41) is 12.5. The molecule has 0 unspecified atom stereocenters. The Morgan fingerprint density at radius 3 is 2.40 bits per heavy atom. The van der Waals surface area contributed by atoms with Crippen molar-refractivity contribution in [3.05, 3.63) is 93.8 Å². The molecule has 6 nitrogen and oxygen atoms in total. The standard InChI is InChI=1S/C23H19ClN4O2/c1-15-12-18(16(2)28(15)27-23(30)17-8-4-3-5-9-17)13-19(14-25)22(29)26-21-11-7-6-10-20(21)24/h3-13H,1-2H3,(H,26,29)(H,27,30)/b19-13-. The molecular weight excluding hydrogens is 400 g/mol. The van der Waals surface area contributed by atoms with E-state index in [1.807, 2.05) is 19.1 Å². The number of hydrogen-bond acceptors (Lipinski definition) is 3. The number of nitrogens with zero attached hydrogens (tertiary/aromatic N) is 2. The minimum absolute atomic E-state index is 0.0791. The summed E-state index contributed by atoms with van der Waals surface area (Å²) in [5.41, 5.74) is 5.79. The third-order valence-electron chi connectivity index (χ3n) is 4.51. The molecule has 0 atom stereocenters. The molecule has 0 fully saturated rings. The Morgan fingerprint density at radius 2 is 1.73 bits per heavy atom. The molecule has 7 heteroatoms. The molecule has 0 aliphatic heterocycles. The molecule has 0 saturated heterocycles. The second-order valence-electron chi connectivity index (χ2n) is 6.57. The molecule has 1 aromatic heterocycles. The molecule has 150 valence electrons. The zero-order valence-electron chi connectivity index (χ0n) is 16.4. The zero-order valence-corrected chi connectivity index (χ0v) is 17.2. The molecule has 3 rings (SSSR count). The first-order chi connectivity index (χ1) is 14.4.